The number of nitrogens with zero attached hydrogens (tertiary/aromatic N) is 1. The Bertz CT molecular complexity index is 2020. The van der Waals surface area contributed by atoms with Crippen LogP contribution in [0.2, 0.25) is 0 Å². The molecule has 0 aliphatic heterocycles. The summed E-state index contributed by atoms with van der Waals surface area (Å²) in [6.45, 7) is 4.20. The summed E-state index contributed by atoms with van der Waals surface area (Å²) in [5, 5.41) is 0. The van der Waals surface area contributed by atoms with Crippen molar-refractivity contribution in [1.29, 1.82) is 0 Å². The van der Waals surface area contributed by atoms with Crippen molar-refractivity contribution in [2.24, 2.45) is 0 Å². The lowest BCUT2D eigenvalue weighted by Crippen LogP contribution is -2.37. The van der Waals surface area contributed by atoms with Gasteiger partial charge in [0, 0.05) is 12.8 Å². The maximum Gasteiger partial charge on any atom is 0.306 e. The summed E-state index contributed by atoms with van der Waals surface area (Å²) >= 11 is 0. The fraction of sp³-hybridized carbons (Fsp3) is 0.828. The number of hydrogen-bond donors (Lipinski definition) is 0. The minimum absolute atomic E-state index is 0.0299. The van der Waals surface area contributed by atoms with E-state index in [-0.39, 0.29) is 32.0 Å². The van der Waals surface area contributed by atoms with Gasteiger partial charge in [0.05, 0.1) is 27.7 Å². The molecule has 0 fully saturated rings. The summed E-state index contributed by atoms with van der Waals surface area (Å²) < 4.78 is 34.5. The molecule has 0 aliphatic rings. The summed E-state index contributed by atoms with van der Waals surface area (Å²) in [5.74, 6) is -0.812. The molecule has 0 radical (unpaired) electrons. The average molecular weight is 1460 g/mol. The van der Waals surface area contributed by atoms with Crippen LogP contribution in [-0.4, -0.2) is 70.0 Å². The van der Waals surface area contributed by atoms with Gasteiger partial charge >= 0.3 is 11.9 Å². The Kier molecular flexibility index (Phi) is 81.0. The van der Waals surface area contributed by atoms with E-state index in [0.29, 0.717) is 17.4 Å². The van der Waals surface area contributed by atoms with E-state index in [1.54, 1.807) is 0 Å². The van der Waals surface area contributed by atoms with Gasteiger partial charge in [0.2, 0.25) is 0 Å². The van der Waals surface area contributed by atoms with Crippen molar-refractivity contribution >= 4 is 19.8 Å². The predicted molar refractivity (Wildman–Crippen MR) is 448 cm³/mol. The molecule has 2 atom stereocenters. The molecule has 2 unspecified atom stereocenters. The Morgan fingerprint density at radius 1 is 0.311 bits per heavy atom. The molecule has 0 N–H and O–H groups in total. The molecule has 0 bridgehead atoms. The van der Waals surface area contributed by atoms with Gasteiger partial charge in [-0.1, -0.05) is 446 Å². The highest BCUT2D eigenvalue weighted by Crippen LogP contribution is 2.38. The molecule has 0 saturated carbocycles. The van der Waals surface area contributed by atoms with Crippen LogP contribution in [0.25, 0.3) is 0 Å². The van der Waals surface area contributed by atoms with Crippen molar-refractivity contribution in [2.45, 2.75) is 450 Å². The number of quaternary nitrogens is 1. The Labute approximate surface area is 641 Å². The van der Waals surface area contributed by atoms with Crippen molar-refractivity contribution in [3.05, 3.63) is 85.1 Å². The molecule has 0 amide bonds. The topological polar surface area (TPSA) is 111 Å². The van der Waals surface area contributed by atoms with Crippen LogP contribution in [-0.2, 0) is 32.7 Å². The molecule has 0 spiro atoms. The number of phosphoric acid groups is 1. The lowest BCUT2D eigenvalue weighted by atomic mass is 10.0. The quantitative estimate of drug-likeness (QED) is 0.0195. The van der Waals surface area contributed by atoms with Crippen LogP contribution in [0.3, 0.4) is 0 Å². The van der Waals surface area contributed by atoms with Gasteiger partial charge in [-0.2, -0.15) is 0 Å². The van der Waals surface area contributed by atoms with Crippen LogP contribution in [0.4, 0.5) is 0 Å². The molecular weight excluding hydrogens is 1290 g/mol. The maximum absolute atomic E-state index is 12.9. The first-order valence-electron chi connectivity index (χ1n) is 44.8. The third-order valence-corrected chi connectivity index (χ3v) is 21.1. The second-order valence-electron chi connectivity index (χ2n) is 31.6. The first-order chi connectivity index (χ1) is 50.5. The van der Waals surface area contributed by atoms with Crippen LogP contribution in [0.1, 0.15) is 444 Å². The zero-order valence-corrected chi connectivity index (χ0v) is 69.9. The third-order valence-electron chi connectivity index (χ3n) is 20.2. The maximum atomic E-state index is 12.9. The lowest BCUT2D eigenvalue weighted by molar-refractivity contribution is -0.870. The summed E-state index contributed by atoms with van der Waals surface area (Å²) in [4.78, 5) is 38.3. The van der Waals surface area contributed by atoms with Crippen molar-refractivity contribution in [1.82, 2.24) is 0 Å². The number of rotatable bonds is 84. The number of likely N-dealkylation sites (N-methyl/N-ethyl adjacent to an activating group) is 1. The van der Waals surface area contributed by atoms with E-state index < -0.39 is 26.5 Å². The molecule has 10 heteroatoms. The summed E-state index contributed by atoms with van der Waals surface area (Å²) in [6, 6.07) is 0. The van der Waals surface area contributed by atoms with Crippen LogP contribution >= 0.6 is 7.82 Å². The number of allylic oxidation sites excluding steroid dienone is 14. The van der Waals surface area contributed by atoms with Gasteiger partial charge < -0.3 is 27.9 Å². The van der Waals surface area contributed by atoms with E-state index in [9.17, 15) is 19.0 Å². The monoisotopic (exact) mass is 1460 g/mol. The molecule has 0 heterocycles. The van der Waals surface area contributed by atoms with Gasteiger partial charge in [-0.25, -0.2) is 0 Å². The van der Waals surface area contributed by atoms with Crippen molar-refractivity contribution < 1.29 is 42.1 Å². The van der Waals surface area contributed by atoms with Crippen molar-refractivity contribution in [2.75, 3.05) is 47.5 Å². The largest absolute Gasteiger partial charge is 0.756 e. The average Bonchev–Trinajstić information content (AvgIpc) is 1.01. The van der Waals surface area contributed by atoms with Crippen LogP contribution in [0, 0.1) is 0 Å². The Balaban J connectivity index is 3.87. The fourth-order valence-electron chi connectivity index (χ4n) is 13.4. The highest BCUT2D eigenvalue weighted by Gasteiger charge is 2.22. The van der Waals surface area contributed by atoms with Crippen molar-refractivity contribution in [3.63, 3.8) is 0 Å². The third kappa shape index (κ3) is 88.0. The highest BCUT2D eigenvalue weighted by molar-refractivity contribution is 7.45. The molecule has 0 aromatic rings. The standard InChI is InChI=1S/C93H172NO8P/c1-6-8-10-12-14-16-18-20-22-24-26-28-30-32-34-36-38-40-42-44-46-48-49-51-53-55-57-59-61-63-65-67-69-71-73-75-77-79-81-83-85-92(95)99-89-91(90-101-103(97,98)100-88-87-94(3,4)5)102-93(96)86-84-82-80-78-76-74-72-70-68-66-64-62-60-58-56-54-52-50-47-45-43-41-39-37-35-33-31-29-27-25-23-21-19-17-15-13-11-9-7-2/h9,11,15,17,21,23,27,29,33,35,39,41,45,47,91H,6-8,10,12-14,16,18-20,22,24-26,28,30-32,34,36-38,40,42-44,46,48-90H2,1-5H3/b11-9-,17-15-,23-21-,29-27-,35-33-,41-39-,47-45-. The molecule has 0 aliphatic carbocycles. The lowest BCUT2D eigenvalue weighted by Gasteiger charge is -2.28. The number of carbonyl (C=O) groups excluding carboxylic acids is 2. The number of unbranched alkanes of at least 4 members (excludes halogenated alkanes) is 56. The Morgan fingerprint density at radius 3 is 0.825 bits per heavy atom. The minimum atomic E-state index is -4.65. The van der Waals surface area contributed by atoms with Gasteiger partial charge in [0.25, 0.3) is 7.82 Å². The van der Waals surface area contributed by atoms with Gasteiger partial charge in [-0.3, -0.25) is 14.2 Å². The number of hydrogen-bond acceptors (Lipinski definition) is 8. The molecular formula is C93H172NO8P. The SMILES string of the molecule is CC/C=C\C/C=C\C/C=C\C/C=C\C/C=C\C/C=C\C/C=C\CCCCCCCCCCCCCCCCCCCC(=O)OC(COC(=O)CCCCCCCCCCCCCCCCCCCCCCCCCCCCCCCCCCCCCCCCCC)COP(=O)([O-])OCC[N+](C)(C)C. The number of carbonyl (C=O) groups is 2. The molecule has 602 valence electrons. The van der Waals surface area contributed by atoms with E-state index >= 15 is 0 Å². The second kappa shape index (κ2) is 83.2. The normalized spacial score (nSPS) is 13.3. The van der Waals surface area contributed by atoms with Crippen LogP contribution in [0.5, 0.6) is 0 Å². The van der Waals surface area contributed by atoms with Gasteiger partial charge in [0.1, 0.15) is 19.8 Å². The summed E-state index contributed by atoms with van der Waals surface area (Å²) in [6.07, 6.45) is 116. The molecule has 0 aromatic carbocycles. The van der Waals surface area contributed by atoms with E-state index in [2.05, 4.69) is 98.9 Å². The molecule has 0 aromatic heterocycles. The molecule has 0 saturated heterocycles. The minimum Gasteiger partial charge on any atom is -0.756 e. The Hall–Kier alpha value is -2.81. The molecule has 103 heavy (non-hydrogen) atoms. The first kappa shape index (κ1) is 100. The van der Waals surface area contributed by atoms with Gasteiger partial charge in [-0.05, 0) is 70.6 Å². The highest BCUT2D eigenvalue weighted by atomic mass is 31.2. The van der Waals surface area contributed by atoms with E-state index in [0.717, 1.165) is 83.5 Å². The van der Waals surface area contributed by atoms with Crippen LogP contribution in [0.15, 0.2) is 85.1 Å². The first-order valence-corrected chi connectivity index (χ1v) is 46.3. The number of ether oxygens (including phenoxy) is 2. The summed E-state index contributed by atoms with van der Waals surface area (Å²) in [5.41, 5.74) is 0. The van der Waals surface area contributed by atoms with Gasteiger partial charge in [-0.15, -0.1) is 0 Å². The Morgan fingerprint density at radius 2 is 0.553 bits per heavy atom. The summed E-state index contributed by atoms with van der Waals surface area (Å²) in [7, 11) is 1.18. The fourth-order valence-corrected chi connectivity index (χ4v) is 14.1. The predicted octanol–water partition coefficient (Wildman–Crippen LogP) is 29.7. The van der Waals surface area contributed by atoms with Gasteiger partial charge in [0.15, 0.2) is 6.10 Å². The smallest absolute Gasteiger partial charge is 0.306 e. The second-order valence-corrected chi connectivity index (χ2v) is 33.0. The number of phosphoric ester groups is 1. The number of esters is 2. The van der Waals surface area contributed by atoms with E-state index in [1.807, 2.05) is 21.1 Å². The zero-order chi connectivity index (χ0) is 74.7. The van der Waals surface area contributed by atoms with E-state index in [4.69, 9.17) is 18.5 Å². The van der Waals surface area contributed by atoms with Crippen LogP contribution < -0.4 is 4.89 Å². The molecule has 0 rings (SSSR count). The van der Waals surface area contributed by atoms with Crippen molar-refractivity contribution in [3.8, 4) is 0 Å². The zero-order valence-electron chi connectivity index (χ0n) is 69.0. The molecule has 9 nitrogen and oxygen atoms in total. The van der Waals surface area contributed by atoms with E-state index in [1.165, 1.54) is 327 Å².